The summed E-state index contributed by atoms with van der Waals surface area (Å²) in [5.41, 5.74) is 5.76. The smallest absolute Gasteiger partial charge is 0.237 e. The summed E-state index contributed by atoms with van der Waals surface area (Å²) in [6.45, 7) is 8.29. The van der Waals surface area contributed by atoms with Crippen molar-refractivity contribution in [3.05, 3.63) is 0 Å². The molecule has 0 aromatic heterocycles. The number of carbonyl (C=O) groups is 1. The molecular formula is C11H24N2O. The minimum atomic E-state index is -0.351. The summed E-state index contributed by atoms with van der Waals surface area (Å²) in [4.78, 5) is 11.6. The fourth-order valence-corrected chi connectivity index (χ4v) is 1.42. The lowest BCUT2D eigenvalue weighted by Crippen LogP contribution is -2.45. The lowest BCUT2D eigenvalue weighted by molar-refractivity contribution is -0.123. The van der Waals surface area contributed by atoms with Crippen molar-refractivity contribution in [3.8, 4) is 0 Å². The van der Waals surface area contributed by atoms with Crippen LogP contribution in [0.2, 0.25) is 0 Å². The maximum Gasteiger partial charge on any atom is 0.237 e. The Labute approximate surface area is 87.4 Å². The maximum atomic E-state index is 11.6. The number of rotatable bonds is 6. The molecule has 0 aliphatic rings. The van der Waals surface area contributed by atoms with E-state index in [9.17, 15) is 4.79 Å². The minimum Gasteiger partial charge on any atom is -0.352 e. The number of carbonyl (C=O) groups excluding carboxylic acids is 1. The fourth-order valence-electron chi connectivity index (χ4n) is 1.42. The van der Waals surface area contributed by atoms with E-state index in [1.54, 1.807) is 0 Å². The van der Waals surface area contributed by atoms with Gasteiger partial charge in [0.1, 0.15) is 0 Å². The number of nitrogens with one attached hydrogen (secondary N) is 1. The first kappa shape index (κ1) is 13.4. The summed E-state index contributed by atoms with van der Waals surface area (Å²) in [6, 6.07) is -0.0729. The zero-order chi connectivity index (χ0) is 11.1. The van der Waals surface area contributed by atoms with E-state index < -0.39 is 0 Å². The van der Waals surface area contributed by atoms with Crippen molar-refractivity contribution in [3.63, 3.8) is 0 Å². The molecule has 0 aliphatic carbocycles. The van der Waals surface area contributed by atoms with Crippen molar-refractivity contribution < 1.29 is 4.79 Å². The molecule has 0 aliphatic heterocycles. The topological polar surface area (TPSA) is 55.1 Å². The van der Waals surface area contributed by atoms with Gasteiger partial charge in [0.25, 0.3) is 0 Å². The Morgan fingerprint density at radius 1 is 1.29 bits per heavy atom. The lowest BCUT2D eigenvalue weighted by atomic mass is 10.0. The highest BCUT2D eigenvalue weighted by molar-refractivity contribution is 5.81. The average molecular weight is 200 g/mol. The van der Waals surface area contributed by atoms with Crippen LogP contribution in [0.3, 0.4) is 0 Å². The van der Waals surface area contributed by atoms with Crippen molar-refractivity contribution in [2.45, 2.75) is 59.0 Å². The molecule has 3 N–H and O–H groups in total. The van der Waals surface area contributed by atoms with Gasteiger partial charge in [-0.05, 0) is 25.2 Å². The van der Waals surface area contributed by atoms with Gasteiger partial charge in [-0.1, -0.05) is 27.7 Å². The van der Waals surface area contributed by atoms with Gasteiger partial charge in [-0.2, -0.15) is 0 Å². The summed E-state index contributed by atoms with van der Waals surface area (Å²) in [7, 11) is 0. The first-order valence-electron chi connectivity index (χ1n) is 5.57. The van der Waals surface area contributed by atoms with Gasteiger partial charge in [-0.25, -0.2) is 0 Å². The van der Waals surface area contributed by atoms with Gasteiger partial charge in [-0.15, -0.1) is 0 Å². The van der Waals surface area contributed by atoms with Crippen LogP contribution in [0.4, 0.5) is 0 Å². The number of hydrogen-bond acceptors (Lipinski definition) is 2. The van der Waals surface area contributed by atoms with E-state index in [2.05, 4.69) is 33.0 Å². The molecule has 0 spiro atoms. The highest BCUT2D eigenvalue weighted by Crippen LogP contribution is 2.04. The van der Waals surface area contributed by atoms with Crippen LogP contribution in [-0.4, -0.2) is 18.0 Å². The summed E-state index contributed by atoms with van der Waals surface area (Å²) in [6.07, 6.45) is 2.69. The Morgan fingerprint density at radius 3 is 2.14 bits per heavy atom. The van der Waals surface area contributed by atoms with Crippen LogP contribution in [0, 0.1) is 5.92 Å². The predicted molar refractivity (Wildman–Crippen MR) is 59.9 cm³/mol. The van der Waals surface area contributed by atoms with Crippen LogP contribution in [-0.2, 0) is 4.79 Å². The molecule has 0 bridgehead atoms. The van der Waals surface area contributed by atoms with E-state index in [0.29, 0.717) is 5.92 Å². The molecule has 0 aromatic rings. The van der Waals surface area contributed by atoms with Crippen LogP contribution < -0.4 is 11.1 Å². The van der Waals surface area contributed by atoms with Crippen LogP contribution in [0.5, 0.6) is 0 Å². The van der Waals surface area contributed by atoms with Gasteiger partial charge in [-0.3, -0.25) is 4.79 Å². The second kappa shape index (κ2) is 6.82. The van der Waals surface area contributed by atoms with Gasteiger partial charge in [0.05, 0.1) is 6.04 Å². The van der Waals surface area contributed by atoms with Crippen molar-refractivity contribution in [2.24, 2.45) is 11.7 Å². The monoisotopic (exact) mass is 200 g/mol. The standard InChI is InChI=1S/C11H24N2O/c1-5-9(6-2)13-11(14)10(12)7-8(3)4/h8-10H,5-7,12H2,1-4H3,(H,13,14). The molecule has 0 heterocycles. The average Bonchev–Trinajstić information content (AvgIpc) is 2.12. The first-order chi connectivity index (χ1) is 6.51. The fraction of sp³-hybridized carbons (Fsp3) is 0.909. The molecule has 0 saturated carbocycles. The molecule has 3 nitrogen and oxygen atoms in total. The van der Waals surface area contributed by atoms with E-state index in [0.717, 1.165) is 19.3 Å². The Balaban J connectivity index is 3.93. The molecule has 84 valence electrons. The van der Waals surface area contributed by atoms with E-state index in [-0.39, 0.29) is 18.0 Å². The number of amides is 1. The van der Waals surface area contributed by atoms with Crippen LogP contribution in [0.25, 0.3) is 0 Å². The SMILES string of the molecule is CCC(CC)NC(=O)C(N)CC(C)C. The van der Waals surface area contributed by atoms with Crippen LogP contribution in [0.15, 0.2) is 0 Å². The van der Waals surface area contributed by atoms with Gasteiger partial charge in [0.2, 0.25) is 5.91 Å². The van der Waals surface area contributed by atoms with Crippen LogP contribution in [0.1, 0.15) is 47.0 Å². The molecular weight excluding hydrogens is 176 g/mol. The zero-order valence-electron chi connectivity index (χ0n) is 9.84. The van der Waals surface area contributed by atoms with Crippen molar-refractivity contribution >= 4 is 5.91 Å². The highest BCUT2D eigenvalue weighted by atomic mass is 16.2. The van der Waals surface area contributed by atoms with E-state index in [1.165, 1.54) is 0 Å². The second-order valence-electron chi connectivity index (χ2n) is 4.26. The third kappa shape index (κ3) is 5.22. The molecule has 0 saturated heterocycles. The molecule has 3 heteroatoms. The molecule has 0 fully saturated rings. The Kier molecular flexibility index (Phi) is 6.54. The van der Waals surface area contributed by atoms with Crippen LogP contribution >= 0.6 is 0 Å². The molecule has 0 aromatic carbocycles. The second-order valence-corrected chi connectivity index (χ2v) is 4.26. The molecule has 1 atom stereocenters. The van der Waals surface area contributed by atoms with E-state index in [1.807, 2.05) is 0 Å². The maximum absolute atomic E-state index is 11.6. The van der Waals surface area contributed by atoms with Crippen molar-refractivity contribution in [1.82, 2.24) is 5.32 Å². The minimum absolute atomic E-state index is 0.00704. The molecule has 14 heavy (non-hydrogen) atoms. The van der Waals surface area contributed by atoms with Gasteiger partial charge in [0.15, 0.2) is 0 Å². The molecule has 1 unspecified atom stereocenters. The highest BCUT2D eigenvalue weighted by Gasteiger charge is 2.16. The summed E-state index contributed by atoms with van der Waals surface area (Å²) in [5.74, 6) is 0.463. The summed E-state index contributed by atoms with van der Waals surface area (Å²) >= 11 is 0. The third-order valence-electron chi connectivity index (χ3n) is 2.39. The quantitative estimate of drug-likeness (QED) is 0.685. The number of hydrogen-bond donors (Lipinski definition) is 2. The van der Waals surface area contributed by atoms with Gasteiger partial charge < -0.3 is 11.1 Å². The predicted octanol–water partition coefficient (Wildman–Crippen LogP) is 1.66. The normalized spacial score (nSPS) is 13.4. The van der Waals surface area contributed by atoms with Crippen molar-refractivity contribution in [2.75, 3.05) is 0 Å². The first-order valence-corrected chi connectivity index (χ1v) is 5.57. The Morgan fingerprint density at radius 2 is 1.79 bits per heavy atom. The molecule has 1 amide bonds. The third-order valence-corrected chi connectivity index (χ3v) is 2.39. The summed E-state index contributed by atoms with van der Waals surface area (Å²) < 4.78 is 0. The molecule has 0 radical (unpaired) electrons. The summed E-state index contributed by atoms with van der Waals surface area (Å²) in [5, 5.41) is 2.96. The van der Waals surface area contributed by atoms with Gasteiger partial charge >= 0.3 is 0 Å². The molecule has 0 rings (SSSR count). The Bertz CT molecular complexity index is 165. The lowest BCUT2D eigenvalue weighted by Gasteiger charge is -2.19. The van der Waals surface area contributed by atoms with Gasteiger partial charge in [0, 0.05) is 6.04 Å². The number of nitrogens with two attached hydrogens (primary N) is 1. The largest absolute Gasteiger partial charge is 0.352 e. The van der Waals surface area contributed by atoms with E-state index >= 15 is 0 Å². The Hall–Kier alpha value is -0.570. The van der Waals surface area contributed by atoms with Crippen molar-refractivity contribution in [1.29, 1.82) is 0 Å². The van der Waals surface area contributed by atoms with E-state index in [4.69, 9.17) is 5.73 Å². The zero-order valence-corrected chi connectivity index (χ0v) is 9.84.